The largest absolute Gasteiger partial charge is 0.486 e. The maximum atomic E-state index is 9.60. The number of ether oxygens (including phenoxy) is 1. The molecule has 38 heavy (non-hydrogen) atoms. The highest BCUT2D eigenvalue weighted by molar-refractivity contribution is 5.89. The molecule has 4 heteroatoms. The summed E-state index contributed by atoms with van der Waals surface area (Å²) in [5, 5.41) is 10.8. The zero-order valence-electron chi connectivity index (χ0n) is 21.5. The lowest BCUT2D eigenvalue weighted by molar-refractivity contribution is 0.0108. The minimum Gasteiger partial charge on any atom is -0.486 e. The lowest BCUT2D eigenvalue weighted by Gasteiger charge is -2.35. The normalized spacial score (nSPS) is 17.1. The Morgan fingerprint density at radius 1 is 0.974 bits per heavy atom. The molecule has 1 spiro atoms. The fraction of sp³-hybridized carbons (Fsp3) is 0.176. The Kier molecular flexibility index (Phi) is 5.74. The molecule has 0 bridgehead atoms. The van der Waals surface area contributed by atoms with Crippen LogP contribution in [-0.2, 0) is 17.6 Å². The Morgan fingerprint density at radius 2 is 1.68 bits per heavy atom. The van der Waals surface area contributed by atoms with Crippen molar-refractivity contribution in [3.8, 4) is 11.8 Å². The van der Waals surface area contributed by atoms with Crippen molar-refractivity contribution in [1.82, 2.24) is 4.57 Å². The molecule has 0 radical (unpaired) electrons. The molecule has 0 unspecified atom stereocenters. The average Bonchev–Trinajstić information content (AvgIpc) is 3.41. The van der Waals surface area contributed by atoms with E-state index >= 15 is 0 Å². The number of aryl methyl sites for hydroxylation is 1. The summed E-state index contributed by atoms with van der Waals surface area (Å²) < 4.78 is 8.93. The maximum Gasteiger partial charge on any atom is 0.265 e. The first-order valence-electron chi connectivity index (χ1n) is 12.8. The van der Waals surface area contributed by atoms with Crippen LogP contribution in [0.15, 0.2) is 102 Å². The van der Waals surface area contributed by atoms with Gasteiger partial charge in [0.2, 0.25) is 0 Å². The van der Waals surface area contributed by atoms with Gasteiger partial charge in [0, 0.05) is 36.0 Å². The third kappa shape index (κ3) is 4.01. The molecule has 1 aromatic heterocycles. The molecule has 0 amide bonds. The summed E-state index contributed by atoms with van der Waals surface area (Å²) in [4.78, 5) is 3.51. The molecule has 0 N–H and O–H groups in total. The smallest absolute Gasteiger partial charge is 0.265 e. The quantitative estimate of drug-likeness (QED) is 0.216. The highest BCUT2D eigenvalue weighted by Crippen LogP contribution is 2.43. The molecule has 3 aromatic carbocycles. The van der Waals surface area contributed by atoms with E-state index in [1.807, 2.05) is 18.2 Å². The van der Waals surface area contributed by atoms with Crippen LogP contribution >= 0.6 is 0 Å². The van der Waals surface area contributed by atoms with Crippen LogP contribution in [0, 0.1) is 31.8 Å². The van der Waals surface area contributed by atoms with Crippen molar-refractivity contribution in [3.05, 3.63) is 141 Å². The molecule has 4 aromatic rings. The van der Waals surface area contributed by atoms with Crippen molar-refractivity contribution in [3.63, 3.8) is 0 Å². The van der Waals surface area contributed by atoms with Crippen LogP contribution in [-0.4, -0.2) is 10.2 Å². The SMILES string of the molecule is [C-]#[N+]/C(C#N)=C1C=C(/C=C/c2ccc3c(c2)c(C)c(C)n3-c2ccccc2)OC2(C\1)Cc1ccccc1C2. The second-order valence-corrected chi connectivity index (χ2v) is 10.2. The highest BCUT2D eigenvalue weighted by atomic mass is 16.5. The summed E-state index contributed by atoms with van der Waals surface area (Å²) in [6, 6.07) is 27.4. The topological polar surface area (TPSA) is 42.3 Å². The van der Waals surface area contributed by atoms with Gasteiger partial charge in [-0.2, -0.15) is 0 Å². The van der Waals surface area contributed by atoms with Gasteiger partial charge in [0.25, 0.3) is 5.70 Å². The molecule has 0 fully saturated rings. The van der Waals surface area contributed by atoms with Crippen LogP contribution in [0.25, 0.3) is 27.5 Å². The molecular weight excluding hydrogens is 466 g/mol. The van der Waals surface area contributed by atoms with Crippen LogP contribution < -0.4 is 0 Å². The van der Waals surface area contributed by atoms with E-state index in [1.165, 1.54) is 33.3 Å². The fourth-order valence-corrected chi connectivity index (χ4v) is 5.93. The Bertz CT molecular complexity index is 1710. The number of rotatable bonds is 3. The van der Waals surface area contributed by atoms with Crippen LogP contribution in [0.4, 0.5) is 0 Å². The van der Waals surface area contributed by atoms with Gasteiger partial charge in [-0.3, -0.25) is 0 Å². The van der Waals surface area contributed by atoms with E-state index in [0.717, 1.165) is 29.7 Å². The van der Waals surface area contributed by atoms with Gasteiger partial charge < -0.3 is 9.30 Å². The van der Waals surface area contributed by atoms with Gasteiger partial charge in [-0.25, -0.2) is 10.1 Å². The van der Waals surface area contributed by atoms with E-state index in [2.05, 4.69) is 102 Å². The molecule has 0 atom stereocenters. The predicted molar refractivity (Wildman–Crippen MR) is 151 cm³/mol. The minimum atomic E-state index is -0.467. The first-order chi connectivity index (χ1) is 18.5. The van der Waals surface area contributed by atoms with Crippen molar-refractivity contribution in [2.75, 3.05) is 0 Å². The van der Waals surface area contributed by atoms with E-state index in [0.29, 0.717) is 12.2 Å². The van der Waals surface area contributed by atoms with E-state index in [1.54, 1.807) is 0 Å². The standard InChI is InChI=1S/C34H27N3O/c1-23-24(2)37(29-11-5-4-6-12-29)33-16-14-25(17-31(23)33)13-15-30-18-28(32(22-35)36-3)21-34(38-30)19-26-9-7-8-10-27(26)20-34/h4-18H,19-21H2,1-2H3/b15-13+,32-28+. The zero-order chi connectivity index (χ0) is 26.3. The molecule has 0 saturated heterocycles. The van der Waals surface area contributed by atoms with Gasteiger partial charge >= 0.3 is 0 Å². The zero-order valence-corrected chi connectivity index (χ0v) is 21.5. The van der Waals surface area contributed by atoms with Gasteiger partial charge in [0.15, 0.2) is 0 Å². The second kappa shape index (κ2) is 9.25. The van der Waals surface area contributed by atoms with Gasteiger partial charge in [-0.1, -0.05) is 54.6 Å². The Labute approximate surface area is 223 Å². The first kappa shape index (κ1) is 23.6. The number of benzene rings is 3. The summed E-state index contributed by atoms with van der Waals surface area (Å²) in [6.07, 6.45) is 7.99. The Hall–Kier alpha value is -4.80. The summed E-state index contributed by atoms with van der Waals surface area (Å²) in [6.45, 7) is 11.9. The molecular formula is C34H27N3O. The van der Waals surface area contributed by atoms with Crippen LogP contribution in [0.2, 0.25) is 0 Å². The van der Waals surface area contributed by atoms with Crippen LogP contribution in [0.3, 0.4) is 0 Å². The molecule has 2 aliphatic rings. The van der Waals surface area contributed by atoms with E-state index in [-0.39, 0.29) is 5.70 Å². The van der Waals surface area contributed by atoms with Gasteiger partial charge in [-0.15, -0.1) is 0 Å². The molecule has 6 rings (SSSR count). The lowest BCUT2D eigenvalue weighted by atomic mass is 9.87. The number of aromatic nitrogens is 1. The maximum absolute atomic E-state index is 9.60. The van der Waals surface area contributed by atoms with E-state index in [9.17, 15) is 5.26 Å². The van der Waals surface area contributed by atoms with Gasteiger partial charge in [0.1, 0.15) is 11.4 Å². The molecule has 1 aliphatic carbocycles. The average molecular weight is 494 g/mol. The van der Waals surface area contributed by atoms with Crippen molar-refractivity contribution < 1.29 is 4.74 Å². The number of nitriles is 1. The second-order valence-electron chi connectivity index (χ2n) is 10.2. The Balaban J connectivity index is 1.36. The molecule has 184 valence electrons. The Morgan fingerprint density at radius 3 is 2.37 bits per heavy atom. The molecule has 4 nitrogen and oxygen atoms in total. The van der Waals surface area contributed by atoms with Crippen LogP contribution in [0.1, 0.15) is 34.4 Å². The summed E-state index contributed by atoms with van der Waals surface area (Å²) in [7, 11) is 0. The van der Waals surface area contributed by atoms with E-state index in [4.69, 9.17) is 11.3 Å². The fourth-order valence-electron chi connectivity index (χ4n) is 5.93. The number of fused-ring (bicyclic) bond motifs is 2. The molecule has 1 aliphatic heterocycles. The van der Waals surface area contributed by atoms with Crippen LogP contribution in [0.5, 0.6) is 0 Å². The highest BCUT2D eigenvalue weighted by Gasteiger charge is 2.42. The number of nitrogens with zero attached hydrogens (tertiary/aromatic N) is 3. The lowest BCUT2D eigenvalue weighted by Crippen LogP contribution is -2.36. The predicted octanol–water partition coefficient (Wildman–Crippen LogP) is 7.80. The first-order valence-corrected chi connectivity index (χ1v) is 12.8. The van der Waals surface area contributed by atoms with Gasteiger partial charge in [0.05, 0.1) is 18.2 Å². The third-order valence-electron chi connectivity index (χ3n) is 7.83. The number of hydrogen-bond acceptors (Lipinski definition) is 2. The number of hydrogen-bond donors (Lipinski definition) is 0. The molecule has 2 heterocycles. The van der Waals surface area contributed by atoms with Crippen molar-refractivity contribution >= 4 is 17.0 Å². The van der Waals surface area contributed by atoms with E-state index < -0.39 is 5.60 Å². The number of allylic oxidation sites excluding steroid dienone is 3. The minimum absolute atomic E-state index is 0.143. The summed E-state index contributed by atoms with van der Waals surface area (Å²) in [5.74, 6) is 0.685. The third-order valence-corrected chi connectivity index (χ3v) is 7.83. The van der Waals surface area contributed by atoms with Gasteiger partial charge in [-0.05, 0) is 78.1 Å². The van der Waals surface area contributed by atoms with Crippen molar-refractivity contribution in [2.24, 2.45) is 0 Å². The monoisotopic (exact) mass is 493 g/mol. The van der Waals surface area contributed by atoms with Crippen molar-refractivity contribution in [2.45, 2.75) is 38.7 Å². The van der Waals surface area contributed by atoms with Crippen molar-refractivity contribution in [1.29, 1.82) is 5.26 Å². The summed E-state index contributed by atoms with van der Waals surface area (Å²) >= 11 is 0. The summed E-state index contributed by atoms with van der Waals surface area (Å²) in [5.41, 5.74) is 8.87. The molecule has 0 saturated carbocycles. The number of para-hydroxylation sites is 1.